The Bertz CT molecular complexity index is 652. The summed E-state index contributed by atoms with van der Waals surface area (Å²) >= 11 is 3.40. The summed E-state index contributed by atoms with van der Waals surface area (Å²) in [5.41, 5.74) is 1.55. The maximum Gasteiger partial charge on any atom is 0.234 e. The zero-order chi connectivity index (χ0) is 12.7. The average molecular weight is 309 g/mol. The second-order valence-corrected chi connectivity index (χ2v) is 5.04. The fourth-order valence-electron chi connectivity index (χ4n) is 2.12. The van der Waals surface area contributed by atoms with Crippen LogP contribution >= 0.6 is 15.9 Å². The summed E-state index contributed by atoms with van der Waals surface area (Å²) in [5.74, 6) is -0.753. The van der Waals surface area contributed by atoms with Crippen LogP contribution in [0.1, 0.15) is 24.3 Å². The predicted molar refractivity (Wildman–Crippen MR) is 65.8 cm³/mol. The van der Waals surface area contributed by atoms with Crippen LogP contribution < -0.4 is 5.32 Å². The maximum atomic E-state index is 11.8. The van der Waals surface area contributed by atoms with E-state index in [1.807, 2.05) is 12.3 Å². The smallest absolute Gasteiger partial charge is 0.234 e. The third kappa shape index (κ3) is 1.80. The quantitative estimate of drug-likeness (QED) is 0.798. The van der Waals surface area contributed by atoms with Crippen LogP contribution in [-0.2, 0) is 9.59 Å². The first kappa shape index (κ1) is 11.3. The third-order valence-corrected chi connectivity index (χ3v) is 3.59. The average Bonchev–Trinajstić information content (AvgIpc) is 2.77. The molecule has 1 N–H and O–H groups in total. The summed E-state index contributed by atoms with van der Waals surface area (Å²) in [6.07, 6.45) is 4.30. The molecule has 3 heterocycles. The van der Waals surface area contributed by atoms with Crippen molar-refractivity contribution in [2.75, 3.05) is 0 Å². The van der Waals surface area contributed by atoms with Crippen molar-refractivity contribution in [3.8, 4) is 0 Å². The van der Waals surface area contributed by atoms with Crippen LogP contribution in [0.15, 0.2) is 23.1 Å². The molecule has 2 amide bonds. The van der Waals surface area contributed by atoms with Crippen LogP contribution in [0.25, 0.3) is 5.65 Å². The molecule has 3 rings (SSSR count). The third-order valence-electron chi connectivity index (χ3n) is 3.01. The molecule has 1 fully saturated rings. The molecule has 2 aromatic heterocycles. The number of amides is 2. The van der Waals surface area contributed by atoms with E-state index in [9.17, 15) is 9.59 Å². The zero-order valence-electron chi connectivity index (χ0n) is 9.26. The number of carbonyl (C=O) groups is 2. The molecule has 0 spiro atoms. The molecule has 0 saturated carbocycles. The van der Waals surface area contributed by atoms with E-state index in [0.29, 0.717) is 18.5 Å². The van der Waals surface area contributed by atoms with Crippen molar-refractivity contribution in [3.05, 3.63) is 28.6 Å². The van der Waals surface area contributed by atoms with Crippen LogP contribution in [-0.4, -0.2) is 26.4 Å². The number of rotatable bonds is 1. The molecule has 1 aliphatic rings. The molecule has 1 aliphatic heterocycles. The Balaban J connectivity index is 2.03. The summed E-state index contributed by atoms with van der Waals surface area (Å²) in [6, 6.07) is 1.85. The molecular formula is C11H9BrN4O2. The standard InChI is InChI=1S/C11H9BrN4O2/c12-8-3-6(4-16-5-13-15-10(8)16)7-1-2-9(17)14-11(7)18/h3-5,7H,1-2H2,(H,14,17,18). The zero-order valence-corrected chi connectivity index (χ0v) is 10.8. The molecule has 92 valence electrons. The highest BCUT2D eigenvalue weighted by Crippen LogP contribution is 2.28. The second kappa shape index (κ2) is 4.16. The van der Waals surface area contributed by atoms with Gasteiger partial charge < -0.3 is 0 Å². The SMILES string of the molecule is O=C1CCC(c2cc(Br)c3nncn3c2)C(=O)N1. The van der Waals surface area contributed by atoms with Gasteiger partial charge in [0.25, 0.3) is 0 Å². The number of nitrogens with one attached hydrogen (secondary N) is 1. The first-order chi connectivity index (χ1) is 8.65. The Labute approximate surface area is 111 Å². The summed E-state index contributed by atoms with van der Waals surface area (Å²) < 4.78 is 2.53. The van der Waals surface area contributed by atoms with Gasteiger partial charge >= 0.3 is 0 Å². The Morgan fingerprint density at radius 2 is 2.28 bits per heavy atom. The van der Waals surface area contributed by atoms with Crippen molar-refractivity contribution in [3.63, 3.8) is 0 Å². The number of hydrogen-bond acceptors (Lipinski definition) is 4. The fourth-order valence-corrected chi connectivity index (χ4v) is 2.67. The summed E-state index contributed by atoms with van der Waals surface area (Å²) in [5, 5.41) is 10.1. The van der Waals surface area contributed by atoms with E-state index in [2.05, 4.69) is 31.4 Å². The molecule has 0 bridgehead atoms. The minimum absolute atomic E-state index is 0.208. The van der Waals surface area contributed by atoms with Gasteiger partial charge in [-0.2, -0.15) is 0 Å². The lowest BCUT2D eigenvalue weighted by molar-refractivity contribution is -0.134. The van der Waals surface area contributed by atoms with Crippen molar-refractivity contribution in [1.29, 1.82) is 0 Å². The number of piperidine rings is 1. The largest absolute Gasteiger partial charge is 0.296 e. The molecule has 7 heteroatoms. The molecule has 6 nitrogen and oxygen atoms in total. The molecule has 1 unspecified atom stereocenters. The molecule has 2 aromatic rings. The number of pyridine rings is 1. The van der Waals surface area contributed by atoms with Gasteiger partial charge in [0.1, 0.15) is 6.33 Å². The van der Waals surface area contributed by atoms with Crippen molar-refractivity contribution < 1.29 is 9.59 Å². The number of aromatic nitrogens is 3. The molecule has 0 aromatic carbocycles. The molecule has 1 saturated heterocycles. The van der Waals surface area contributed by atoms with Gasteiger partial charge in [-0.15, -0.1) is 10.2 Å². The highest BCUT2D eigenvalue weighted by atomic mass is 79.9. The lowest BCUT2D eigenvalue weighted by Gasteiger charge is -2.21. The Hall–Kier alpha value is -1.76. The Morgan fingerprint density at radius 1 is 1.44 bits per heavy atom. The summed E-state index contributed by atoms with van der Waals surface area (Å²) in [6.45, 7) is 0. The van der Waals surface area contributed by atoms with Gasteiger partial charge in [-0.1, -0.05) is 0 Å². The van der Waals surface area contributed by atoms with E-state index < -0.39 is 0 Å². The molecule has 1 atom stereocenters. The lowest BCUT2D eigenvalue weighted by atomic mass is 9.92. The van der Waals surface area contributed by atoms with Crippen LogP contribution in [0.5, 0.6) is 0 Å². The van der Waals surface area contributed by atoms with E-state index >= 15 is 0 Å². The van der Waals surface area contributed by atoms with E-state index in [4.69, 9.17) is 0 Å². The van der Waals surface area contributed by atoms with Crippen molar-refractivity contribution in [2.45, 2.75) is 18.8 Å². The van der Waals surface area contributed by atoms with E-state index in [0.717, 1.165) is 10.0 Å². The van der Waals surface area contributed by atoms with Crippen molar-refractivity contribution in [2.24, 2.45) is 0 Å². The van der Waals surface area contributed by atoms with Crippen LogP contribution in [0.2, 0.25) is 0 Å². The normalized spacial score (nSPS) is 20.2. The van der Waals surface area contributed by atoms with Gasteiger partial charge in [0.05, 0.1) is 10.4 Å². The van der Waals surface area contributed by atoms with E-state index in [-0.39, 0.29) is 17.7 Å². The van der Waals surface area contributed by atoms with Crippen molar-refractivity contribution >= 4 is 33.4 Å². The fraction of sp³-hybridized carbons (Fsp3) is 0.273. The van der Waals surface area contributed by atoms with E-state index in [1.165, 1.54) is 0 Å². The number of imide groups is 1. The monoisotopic (exact) mass is 308 g/mol. The van der Waals surface area contributed by atoms with Gasteiger partial charge in [-0.05, 0) is 34.0 Å². The Kier molecular flexibility index (Phi) is 2.62. The first-order valence-electron chi connectivity index (χ1n) is 5.47. The lowest BCUT2D eigenvalue weighted by Crippen LogP contribution is -2.39. The van der Waals surface area contributed by atoms with Crippen LogP contribution in [0.3, 0.4) is 0 Å². The second-order valence-electron chi connectivity index (χ2n) is 4.19. The van der Waals surface area contributed by atoms with E-state index in [1.54, 1.807) is 10.7 Å². The minimum atomic E-state index is -0.300. The number of fused-ring (bicyclic) bond motifs is 1. The van der Waals surface area contributed by atoms with Gasteiger partial charge in [0, 0.05) is 12.6 Å². The maximum absolute atomic E-state index is 11.8. The first-order valence-corrected chi connectivity index (χ1v) is 6.27. The van der Waals surface area contributed by atoms with Gasteiger partial charge in [0.15, 0.2) is 5.65 Å². The molecular weight excluding hydrogens is 300 g/mol. The van der Waals surface area contributed by atoms with Crippen LogP contribution in [0.4, 0.5) is 0 Å². The molecule has 18 heavy (non-hydrogen) atoms. The molecule has 0 aliphatic carbocycles. The molecule has 0 radical (unpaired) electrons. The van der Waals surface area contributed by atoms with Gasteiger partial charge in [0.2, 0.25) is 11.8 Å². The van der Waals surface area contributed by atoms with Gasteiger partial charge in [-0.25, -0.2) is 0 Å². The minimum Gasteiger partial charge on any atom is -0.296 e. The number of carbonyl (C=O) groups excluding carboxylic acids is 2. The topological polar surface area (TPSA) is 76.4 Å². The van der Waals surface area contributed by atoms with Gasteiger partial charge in [-0.3, -0.25) is 19.3 Å². The Morgan fingerprint density at radius 3 is 3.06 bits per heavy atom. The number of halogens is 1. The number of hydrogen-bond donors (Lipinski definition) is 1. The van der Waals surface area contributed by atoms with Crippen LogP contribution in [0, 0.1) is 0 Å². The summed E-state index contributed by atoms with van der Waals surface area (Å²) in [4.78, 5) is 22.9. The number of nitrogens with zero attached hydrogens (tertiary/aromatic N) is 3. The highest BCUT2D eigenvalue weighted by molar-refractivity contribution is 9.10. The predicted octanol–water partition coefficient (Wildman–Crippen LogP) is 1.01. The highest BCUT2D eigenvalue weighted by Gasteiger charge is 2.28. The van der Waals surface area contributed by atoms with Crippen molar-refractivity contribution in [1.82, 2.24) is 19.9 Å². The summed E-state index contributed by atoms with van der Waals surface area (Å²) in [7, 11) is 0.